The second kappa shape index (κ2) is 9.86. The van der Waals surface area contributed by atoms with Crippen molar-refractivity contribution in [2.75, 3.05) is 25.0 Å². The molecule has 0 fully saturated rings. The predicted octanol–water partition coefficient (Wildman–Crippen LogP) is 3.55. The van der Waals surface area contributed by atoms with Crippen molar-refractivity contribution in [2.45, 2.75) is 39.5 Å². The van der Waals surface area contributed by atoms with Gasteiger partial charge in [0.15, 0.2) is 12.4 Å². The number of Topliss-reactive ketones (excluding diaryl/α,β-unsaturated/α-hetero) is 1. The summed E-state index contributed by atoms with van der Waals surface area (Å²) in [6.07, 6.45) is 0. The van der Waals surface area contributed by atoms with Crippen LogP contribution < -0.4 is 10.1 Å². The number of carbonyl (C=O) groups excluding carboxylic acids is 2. The second-order valence-electron chi connectivity index (χ2n) is 6.92. The monoisotopic (exact) mass is 432 g/mol. The van der Waals surface area contributed by atoms with Gasteiger partial charge in [-0.15, -0.1) is 0 Å². The topological polar surface area (TPSA) is 92.8 Å². The maximum Gasteiger partial charge on any atom is 0.262 e. The van der Waals surface area contributed by atoms with Crippen LogP contribution in [0.1, 0.15) is 42.3 Å². The molecule has 0 aliphatic heterocycles. The first-order valence-electron chi connectivity index (χ1n) is 9.75. The van der Waals surface area contributed by atoms with Crippen molar-refractivity contribution in [3.63, 3.8) is 0 Å². The molecule has 0 radical (unpaired) electrons. The van der Waals surface area contributed by atoms with Crippen LogP contribution in [0.4, 0.5) is 5.69 Å². The summed E-state index contributed by atoms with van der Waals surface area (Å²) in [6.45, 7) is 9.09. The first-order chi connectivity index (χ1) is 14.1. The van der Waals surface area contributed by atoms with Crippen LogP contribution in [0.3, 0.4) is 0 Å². The quantitative estimate of drug-likeness (QED) is 0.612. The molecule has 7 nitrogen and oxygen atoms in total. The van der Waals surface area contributed by atoms with Crippen LogP contribution in [-0.2, 0) is 14.8 Å². The van der Waals surface area contributed by atoms with Crippen molar-refractivity contribution in [2.24, 2.45) is 0 Å². The molecule has 0 saturated heterocycles. The molecule has 0 unspecified atom stereocenters. The Morgan fingerprint density at radius 1 is 1.07 bits per heavy atom. The standard InChI is InChI=1S/C22H28N2O5S/c1-6-24(7-2)30(27,28)20-11-15(3)16(4)21(13-20)23-22(26)14-29-19-10-8-9-18(12-19)17(5)25/h8-13H,6-7,14H2,1-5H3,(H,23,26). The molecule has 30 heavy (non-hydrogen) atoms. The molecule has 2 aromatic carbocycles. The van der Waals surface area contributed by atoms with Gasteiger partial charge in [0.2, 0.25) is 10.0 Å². The van der Waals surface area contributed by atoms with Crippen LogP contribution in [-0.4, -0.2) is 44.1 Å². The van der Waals surface area contributed by atoms with E-state index in [1.165, 1.54) is 17.3 Å². The highest BCUT2D eigenvalue weighted by Crippen LogP contribution is 2.26. The molecule has 1 N–H and O–H groups in total. The Hall–Kier alpha value is -2.71. The van der Waals surface area contributed by atoms with Gasteiger partial charge in [-0.25, -0.2) is 8.42 Å². The van der Waals surface area contributed by atoms with Gasteiger partial charge in [-0.05, 0) is 56.2 Å². The molecule has 2 aromatic rings. The predicted molar refractivity (Wildman–Crippen MR) is 117 cm³/mol. The van der Waals surface area contributed by atoms with Crippen LogP contribution in [0.15, 0.2) is 41.3 Å². The number of carbonyl (C=O) groups is 2. The lowest BCUT2D eigenvalue weighted by Gasteiger charge is -2.20. The van der Waals surface area contributed by atoms with E-state index in [-0.39, 0.29) is 17.3 Å². The molecule has 0 saturated carbocycles. The van der Waals surface area contributed by atoms with Gasteiger partial charge in [0, 0.05) is 24.3 Å². The van der Waals surface area contributed by atoms with Crippen molar-refractivity contribution >= 4 is 27.4 Å². The summed E-state index contributed by atoms with van der Waals surface area (Å²) < 4.78 is 32.6. The fraction of sp³-hybridized carbons (Fsp3) is 0.364. The number of benzene rings is 2. The lowest BCUT2D eigenvalue weighted by Crippen LogP contribution is -2.31. The highest BCUT2D eigenvalue weighted by atomic mass is 32.2. The zero-order valence-corrected chi connectivity index (χ0v) is 18.8. The number of aryl methyl sites for hydroxylation is 1. The third-order valence-electron chi connectivity index (χ3n) is 4.87. The number of sulfonamides is 1. The lowest BCUT2D eigenvalue weighted by molar-refractivity contribution is -0.118. The van der Waals surface area contributed by atoms with Crippen LogP contribution in [0.2, 0.25) is 0 Å². The number of rotatable bonds is 9. The molecule has 0 spiro atoms. The fourth-order valence-corrected chi connectivity index (χ4v) is 4.53. The Bertz CT molecular complexity index is 1040. The van der Waals surface area contributed by atoms with E-state index in [2.05, 4.69) is 5.32 Å². The first-order valence-corrected chi connectivity index (χ1v) is 11.2. The van der Waals surface area contributed by atoms with E-state index < -0.39 is 15.9 Å². The third-order valence-corrected chi connectivity index (χ3v) is 6.90. The molecule has 0 bridgehead atoms. The van der Waals surface area contributed by atoms with E-state index in [0.717, 1.165) is 11.1 Å². The molecule has 0 aromatic heterocycles. The van der Waals surface area contributed by atoms with Crippen molar-refractivity contribution in [3.8, 4) is 5.75 Å². The highest BCUT2D eigenvalue weighted by molar-refractivity contribution is 7.89. The van der Waals surface area contributed by atoms with E-state index >= 15 is 0 Å². The first kappa shape index (κ1) is 23.6. The van der Waals surface area contributed by atoms with E-state index in [1.807, 2.05) is 6.92 Å². The zero-order chi connectivity index (χ0) is 22.5. The number of ketones is 1. The molecule has 0 heterocycles. The Morgan fingerprint density at radius 2 is 1.73 bits per heavy atom. The summed E-state index contributed by atoms with van der Waals surface area (Å²) in [5, 5.41) is 2.73. The number of nitrogens with zero attached hydrogens (tertiary/aromatic N) is 1. The normalized spacial score (nSPS) is 11.4. The molecule has 1 amide bonds. The molecule has 0 aliphatic rings. The van der Waals surface area contributed by atoms with E-state index in [9.17, 15) is 18.0 Å². The van der Waals surface area contributed by atoms with Crippen molar-refractivity contribution in [3.05, 3.63) is 53.1 Å². The van der Waals surface area contributed by atoms with Gasteiger partial charge in [-0.2, -0.15) is 4.31 Å². The van der Waals surface area contributed by atoms with Crippen LogP contribution in [0.25, 0.3) is 0 Å². The minimum atomic E-state index is -3.65. The molecule has 0 atom stereocenters. The van der Waals surface area contributed by atoms with Gasteiger partial charge in [0.1, 0.15) is 5.75 Å². The van der Waals surface area contributed by atoms with E-state index in [4.69, 9.17) is 4.74 Å². The average molecular weight is 433 g/mol. The number of hydrogen-bond acceptors (Lipinski definition) is 5. The molecule has 8 heteroatoms. The maximum atomic E-state index is 12.9. The fourth-order valence-electron chi connectivity index (χ4n) is 2.96. The molecule has 2 rings (SSSR count). The number of ether oxygens (including phenoxy) is 1. The Kier molecular flexibility index (Phi) is 7.75. The Labute approximate surface area is 178 Å². The molecule has 162 valence electrons. The maximum absolute atomic E-state index is 12.9. The van der Waals surface area contributed by atoms with Gasteiger partial charge in [-0.3, -0.25) is 9.59 Å². The average Bonchev–Trinajstić information content (AvgIpc) is 2.70. The lowest BCUT2D eigenvalue weighted by atomic mass is 10.1. The van der Waals surface area contributed by atoms with Gasteiger partial charge in [-0.1, -0.05) is 26.0 Å². The van der Waals surface area contributed by atoms with Crippen LogP contribution in [0.5, 0.6) is 5.75 Å². The number of hydrogen-bond donors (Lipinski definition) is 1. The van der Waals surface area contributed by atoms with Crippen LogP contribution in [0, 0.1) is 13.8 Å². The summed E-state index contributed by atoms with van der Waals surface area (Å²) in [5.74, 6) is -0.117. The highest BCUT2D eigenvalue weighted by Gasteiger charge is 2.23. The van der Waals surface area contributed by atoms with E-state index in [0.29, 0.717) is 30.1 Å². The van der Waals surface area contributed by atoms with Crippen LogP contribution >= 0.6 is 0 Å². The van der Waals surface area contributed by atoms with Gasteiger partial charge >= 0.3 is 0 Å². The number of amides is 1. The second-order valence-corrected chi connectivity index (χ2v) is 8.86. The van der Waals surface area contributed by atoms with Gasteiger partial charge in [0.25, 0.3) is 5.91 Å². The minimum absolute atomic E-state index is 0.0952. The largest absolute Gasteiger partial charge is 0.484 e. The number of nitrogens with one attached hydrogen (secondary N) is 1. The smallest absolute Gasteiger partial charge is 0.262 e. The molecule has 0 aliphatic carbocycles. The summed E-state index contributed by atoms with van der Waals surface area (Å²) >= 11 is 0. The Balaban J connectivity index is 2.19. The van der Waals surface area contributed by atoms with Crippen molar-refractivity contribution in [1.29, 1.82) is 0 Å². The molecular formula is C22H28N2O5S. The number of anilines is 1. The van der Waals surface area contributed by atoms with Gasteiger partial charge in [0.05, 0.1) is 4.90 Å². The van der Waals surface area contributed by atoms with Crippen molar-refractivity contribution in [1.82, 2.24) is 4.31 Å². The zero-order valence-electron chi connectivity index (χ0n) is 18.0. The SMILES string of the molecule is CCN(CC)S(=O)(=O)c1cc(C)c(C)c(NC(=O)COc2cccc(C(C)=O)c2)c1. The van der Waals surface area contributed by atoms with Gasteiger partial charge < -0.3 is 10.1 Å². The summed E-state index contributed by atoms with van der Waals surface area (Å²) in [5.41, 5.74) is 2.45. The third kappa shape index (κ3) is 5.46. The summed E-state index contributed by atoms with van der Waals surface area (Å²) in [7, 11) is -3.65. The van der Waals surface area contributed by atoms with Crippen molar-refractivity contribution < 1.29 is 22.7 Å². The summed E-state index contributed by atoms with van der Waals surface area (Å²) in [6, 6.07) is 9.67. The Morgan fingerprint density at radius 3 is 2.33 bits per heavy atom. The minimum Gasteiger partial charge on any atom is -0.484 e. The summed E-state index contributed by atoms with van der Waals surface area (Å²) in [4.78, 5) is 24.0. The van der Waals surface area contributed by atoms with E-state index in [1.54, 1.807) is 51.1 Å². The molecular weight excluding hydrogens is 404 g/mol.